The summed E-state index contributed by atoms with van der Waals surface area (Å²) in [6.07, 6.45) is 0. The number of aliphatic hydroxyl groups is 1. The molecule has 1 aliphatic rings. The predicted molar refractivity (Wildman–Crippen MR) is 80.6 cm³/mol. The van der Waals surface area contributed by atoms with E-state index in [4.69, 9.17) is 0 Å². The van der Waals surface area contributed by atoms with Crippen molar-refractivity contribution in [1.82, 2.24) is 4.90 Å². The van der Waals surface area contributed by atoms with Crippen molar-refractivity contribution in [1.29, 1.82) is 0 Å². The maximum Gasteiger partial charge on any atom is 0.0840 e. The Labute approximate surface area is 116 Å². The molecule has 0 saturated carbocycles. The first-order chi connectivity index (χ1) is 8.88. The molecule has 3 nitrogen and oxygen atoms in total. The second-order valence-electron chi connectivity index (χ2n) is 6.22. The van der Waals surface area contributed by atoms with E-state index >= 15 is 0 Å². The highest BCUT2D eigenvalue weighted by atomic mass is 16.3. The lowest BCUT2D eigenvalue weighted by Gasteiger charge is -2.38. The van der Waals surface area contributed by atoms with Gasteiger partial charge in [0.25, 0.3) is 0 Å². The molecular weight excluding hydrogens is 236 g/mol. The number of hydrogen-bond acceptors (Lipinski definition) is 3. The summed E-state index contributed by atoms with van der Waals surface area (Å²) >= 11 is 0. The summed E-state index contributed by atoms with van der Waals surface area (Å²) < 4.78 is 0. The van der Waals surface area contributed by atoms with Gasteiger partial charge in [-0.1, -0.05) is 12.1 Å². The van der Waals surface area contributed by atoms with Gasteiger partial charge in [-0.05, 0) is 45.4 Å². The van der Waals surface area contributed by atoms with Crippen molar-refractivity contribution in [2.24, 2.45) is 0 Å². The monoisotopic (exact) mass is 262 g/mol. The van der Waals surface area contributed by atoms with Gasteiger partial charge in [-0.25, -0.2) is 0 Å². The van der Waals surface area contributed by atoms with Crippen molar-refractivity contribution in [2.45, 2.75) is 39.3 Å². The molecule has 2 rings (SSSR count). The van der Waals surface area contributed by atoms with Gasteiger partial charge in [-0.3, -0.25) is 4.90 Å². The van der Waals surface area contributed by atoms with E-state index in [2.05, 4.69) is 35.8 Å². The number of rotatable bonds is 3. The van der Waals surface area contributed by atoms with Crippen LogP contribution in [-0.4, -0.2) is 42.2 Å². The van der Waals surface area contributed by atoms with Gasteiger partial charge in [0.2, 0.25) is 0 Å². The molecule has 0 radical (unpaired) electrons. The first-order valence-electron chi connectivity index (χ1n) is 7.20. The van der Waals surface area contributed by atoms with Gasteiger partial charge in [-0.2, -0.15) is 0 Å². The molecule has 0 amide bonds. The van der Waals surface area contributed by atoms with Crippen molar-refractivity contribution in [3.05, 3.63) is 29.8 Å². The Hall–Kier alpha value is -1.06. The topological polar surface area (TPSA) is 26.7 Å². The fourth-order valence-electron chi connectivity index (χ4n) is 2.58. The first kappa shape index (κ1) is 14.4. The third-order valence-electron chi connectivity index (χ3n) is 3.98. The van der Waals surface area contributed by atoms with E-state index in [1.54, 1.807) is 0 Å². The molecule has 1 heterocycles. The van der Waals surface area contributed by atoms with E-state index in [-0.39, 0.29) is 0 Å². The van der Waals surface area contributed by atoms with Crippen molar-refractivity contribution < 1.29 is 5.11 Å². The fourth-order valence-corrected chi connectivity index (χ4v) is 2.58. The SMILES string of the molecule is CC(C)N1CCN(c2ccc(C(C)(C)O)cc2)CC1. The molecule has 0 aliphatic carbocycles. The lowest BCUT2D eigenvalue weighted by atomic mass is 9.98. The molecule has 0 bridgehead atoms. The Kier molecular flexibility index (Phi) is 4.16. The molecule has 19 heavy (non-hydrogen) atoms. The van der Waals surface area contributed by atoms with Crippen LogP contribution in [0.3, 0.4) is 0 Å². The minimum absolute atomic E-state index is 0.639. The Morgan fingerprint density at radius 3 is 1.95 bits per heavy atom. The smallest absolute Gasteiger partial charge is 0.0840 e. The molecule has 0 unspecified atom stereocenters. The van der Waals surface area contributed by atoms with Crippen molar-refractivity contribution in [2.75, 3.05) is 31.1 Å². The molecule has 3 heteroatoms. The third kappa shape index (κ3) is 3.48. The number of hydrogen-bond donors (Lipinski definition) is 1. The van der Waals surface area contributed by atoms with Crippen LogP contribution < -0.4 is 4.90 Å². The highest BCUT2D eigenvalue weighted by Gasteiger charge is 2.20. The zero-order chi connectivity index (χ0) is 14.0. The Morgan fingerprint density at radius 2 is 1.53 bits per heavy atom. The van der Waals surface area contributed by atoms with Gasteiger partial charge in [0.1, 0.15) is 0 Å². The van der Waals surface area contributed by atoms with Crippen LogP contribution in [0.25, 0.3) is 0 Å². The molecule has 1 aromatic rings. The average Bonchev–Trinajstić information content (AvgIpc) is 2.38. The third-order valence-corrected chi connectivity index (χ3v) is 3.98. The Balaban J connectivity index is 2.00. The van der Waals surface area contributed by atoms with E-state index in [9.17, 15) is 5.11 Å². The average molecular weight is 262 g/mol. The van der Waals surface area contributed by atoms with E-state index in [1.807, 2.05) is 26.0 Å². The van der Waals surface area contributed by atoms with Crippen LogP contribution in [-0.2, 0) is 5.60 Å². The molecule has 1 saturated heterocycles. The second-order valence-corrected chi connectivity index (χ2v) is 6.22. The van der Waals surface area contributed by atoms with E-state index in [1.165, 1.54) is 5.69 Å². The minimum Gasteiger partial charge on any atom is -0.386 e. The van der Waals surface area contributed by atoms with Gasteiger partial charge >= 0.3 is 0 Å². The molecule has 1 aliphatic heterocycles. The Morgan fingerprint density at radius 1 is 1.00 bits per heavy atom. The van der Waals surface area contributed by atoms with Crippen molar-refractivity contribution in [3.63, 3.8) is 0 Å². The predicted octanol–water partition coefficient (Wildman–Crippen LogP) is 2.44. The molecule has 1 N–H and O–H groups in total. The summed E-state index contributed by atoms with van der Waals surface area (Å²) in [6.45, 7) is 12.6. The van der Waals surface area contributed by atoms with Crippen LogP contribution in [0.15, 0.2) is 24.3 Å². The van der Waals surface area contributed by atoms with Crippen molar-refractivity contribution >= 4 is 5.69 Å². The maximum absolute atomic E-state index is 9.97. The van der Waals surface area contributed by atoms with Crippen LogP contribution in [0, 0.1) is 0 Å². The molecule has 0 spiro atoms. The van der Waals surface area contributed by atoms with E-state index in [0.717, 1.165) is 31.7 Å². The van der Waals surface area contributed by atoms with Gasteiger partial charge < -0.3 is 10.0 Å². The summed E-state index contributed by atoms with van der Waals surface area (Å²) in [4.78, 5) is 4.94. The fraction of sp³-hybridized carbons (Fsp3) is 0.625. The Bertz CT molecular complexity index is 398. The zero-order valence-corrected chi connectivity index (χ0v) is 12.6. The molecular formula is C16H26N2O. The van der Waals surface area contributed by atoms with Crippen LogP contribution in [0.5, 0.6) is 0 Å². The first-order valence-corrected chi connectivity index (χ1v) is 7.20. The van der Waals surface area contributed by atoms with Crippen LogP contribution in [0.1, 0.15) is 33.3 Å². The second kappa shape index (κ2) is 5.51. The minimum atomic E-state index is -0.755. The number of piperazine rings is 1. The van der Waals surface area contributed by atoms with Crippen LogP contribution in [0.2, 0.25) is 0 Å². The molecule has 106 valence electrons. The largest absolute Gasteiger partial charge is 0.386 e. The normalized spacial score (nSPS) is 18.1. The van der Waals surface area contributed by atoms with Gasteiger partial charge in [-0.15, -0.1) is 0 Å². The van der Waals surface area contributed by atoms with Crippen molar-refractivity contribution in [3.8, 4) is 0 Å². The summed E-state index contributed by atoms with van der Waals surface area (Å²) in [5.74, 6) is 0. The van der Waals surface area contributed by atoms with Crippen LogP contribution >= 0.6 is 0 Å². The van der Waals surface area contributed by atoms with Gasteiger partial charge in [0.15, 0.2) is 0 Å². The molecule has 0 aromatic heterocycles. The number of nitrogens with zero attached hydrogens (tertiary/aromatic N) is 2. The summed E-state index contributed by atoms with van der Waals surface area (Å²) in [5.41, 5.74) is 1.47. The lowest BCUT2D eigenvalue weighted by Crippen LogP contribution is -2.48. The molecule has 0 atom stereocenters. The standard InChI is InChI=1S/C16H26N2O/c1-13(2)17-9-11-18(12-10-17)15-7-5-14(6-8-15)16(3,4)19/h5-8,13,19H,9-12H2,1-4H3. The van der Waals surface area contributed by atoms with E-state index < -0.39 is 5.60 Å². The lowest BCUT2D eigenvalue weighted by molar-refractivity contribution is 0.0786. The van der Waals surface area contributed by atoms with Gasteiger partial charge in [0.05, 0.1) is 5.60 Å². The quantitative estimate of drug-likeness (QED) is 0.906. The van der Waals surface area contributed by atoms with Gasteiger partial charge in [0, 0.05) is 37.9 Å². The van der Waals surface area contributed by atoms with E-state index in [0.29, 0.717) is 6.04 Å². The molecule has 1 fully saturated rings. The zero-order valence-electron chi connectivity index (χ0n) is 12.6. The molecule has 1 aromatic carbocycles. The van der Waals surface area contributed by atoms with Crippen LogP contribution in [0.4, 0.5) is 5.69 Å². The summed E-state index contributed by atoms with van der Waals surface area (Å²) in [6, 6.07) is 8.95. The highest BCUT2D eigenvalue weighted by Crippen LogP contribution is 2.24. The number of benzene rings is 1. The highest BCUT2D eigenvalue weighted by molar-refractivity contribution is 5.48. The number of anilines is 1. The maximum atomic E-state index is 9.97. The summed E-state index contributed by atoms with van der Waals surface area (Å²) in [5, 5.41) is 9.97. The summed E-state index contributed by atoms with van der Waals surface area (Å²) in [7, 11) is 0.